The molecule has 0 saturated carbocycles. The van der Waals surface area contributed by atoms with E-state index >= 15 is 0 Å². The zero-order chi connectivity index (χ0) is 51.6. The number of carboxylic acid groups (broad SMARTS) is 2. The fourth-order valence-electron chi connectivity index (χ4n) is 10.7. The van der Waals surface area contributed by atoms with Gasteiger partial charge in [-0.2, -0.15) is 0 Å². The fraction of sp³-hybridized carbons (Fsp3) is 0.969. The Labute approximate surface area is 476 Å². The minimum absolute atomic E-state index is 0. The standard InChI is InChI=1S/2C32H65NO2.Ca/c2*1-4-7-9-11-13-15-17-19-21-23-25-29-33(31(6-3)27-28-32(34)35)30-26-24-22-20-18-16-14-12-10-8-5-2;/h2*31H,4-30H2,1-3H3,(H,34,35);/q;;+2/p-2. The monoisotopic (exact) mass is 1030 g/mol. The molecule has 0 heterocycles. The summed E-state index contributed by atoms with van der Waals surface area (Å²) < 4.78 is 0. The van der Waals surface area contributed by atoms with Crippen molar-refractivity contribution in [2.24, 2.45) is 0 Å². The summed E-state index contributed by atoms with van der Waals surface area (Å²) in [6.07, 6.45) is 64.5. The number of unbranched alkanes of at least 4 members (excludes halogenated alkanes) is 40. The summed E-state index contributed by atoms with van der Waals surface area (Å²) in [6, 6.07) is 0.804. The summed E-state index contributed by atoms with van der Waals surface area (Å²) in [6.45, 7) is 18.1. The molecule has 0 aliphatic heterocycles. The molecule has 0 amide bonds. The molecule has 0 spiro atoms. The van der Waals surface area contributed by atoms with Gasteiger partial charge in [0.1, 0.15) is 0 Å². The van der Waals surface area contributed by atoms with E-state index in [2.05, 4.69) is 51.3 Å². The molecule has 0 radical (unpaired) electrons. The van der Waals surface area contributed by atoms with Gasteiger partial charge in [0.2, 0.25) is 0 Å². The third kappa shape index (κ3) is 59.2. The molecule has 2 atom stereocenters. The number of nitrogens with zero attached hydrogens (tertiary/aromatic N) is 2. The second-order valence-corrected chi connectivity index (χ2v) is 22.2. The maximum absolute atomic E-state index is 11.0. The molecule has 0 bridgehead atoms. The van der Waals surface area contributed by atoms with Gasteiger partial charge in [-0.1, -0.05) is 298 Å². The molecule has 2 unspecified atom stereocenters. The molecule has 7 heteroatoms. The fourth-order valence-corrected chi connectivity index (χ4v) is 10.7. The molecule has 71 heavy (non-hydrogen) atoms. The molecule has 0 fully saturated rings. The molecular formula is C64H128CaN2O4. The van der Waals surface area contributed by atoms with Crippen LogP contribution < -0.4 is 10.2 Å². The van der Waals surface area contributed by atoms with Crippen molar-refractivity contribution >= 4 is 49.7 Å². The largest absolute Gasteiger partial charge is 2.00 e. The Morgan fingerprint density at radius 3 is 0.577 bits per heavy atom. The summed E-state index contributed by atoms with van der Waals surface area (Å²) in [5, 5.41) is 22.1. The first kappa shape index (κ1) is 75.4. The Hall–Kier alpha value is 0.120. The molecular weight excluding hydrogens is 901 g/mol. The summed E-state index contributed by atoms with van der Waals surface area (Å²) in [5.41, 5.74) is 0. The number of carboxylic acids is 2. The Bertz CT molecular complexity index is 885. The minimum Gasteiger partial charge on any atom is -0.550 e. The molecule has 0 saturated heterocycles. The SMILES string of the molecule is CCCCCCCCCCCCCN(CCCCCCCCCCCCC)C(CC)CCC(=O)[O-].CCCCCCCCCCCCCN(CCCCCCCCCCCCC)C(CC)CCC(=O)[O-].[Ca+2]. The molecule has 0 aliphatic rings. The van der Waals surface area contributed by atoms with E-state index in [1.54, 1.807) is 0 Å². The summed E-state index contributed by atoms with van der Waals surface area (Å²) >= 11 is 0. The zero-order valence-corrected chi connectivity index (χ0v) is 51.8. The van der Waals surface area contributed by atoms with Gasteiger partial charge >= 0.3 is 37.7 Å². The molecule has 0 aliphatic carbocycles. The molecule has 0 aromatic rings. The molecule has 0 aromatic heterocycles. The Morgan fingerprint density at radius 1 is 0.282 bits per heavy atom. The first-order chi connectivity index (χ1) is 34.3. The van der Waals surface area contributed by atoms with Crippen molar-refractivity contribution in [3.05, 3.63) is 0 Å². The smallest absolute Gasteiger partial charge is 0.550 e. The average Bonchev–Trinajstić information content (AvgIpc) is 3.35. The van der Waals surface area contributed by atoms with Crippen molar-refractivity contribution in [1.29, 1.82) is 0 Å². The van der Waals surface area contributed by atoms with Crippen molar-refractivity contribution in [1.82, 2.24) is 9.80 Å². The van der Waals surface area contributed by atoms with Crippen molar-refractivity contribution in [3.8, 4) is 0 Å². The average molecular weight is 1030 g/mol. The normalized spacial score (nSPS) is 12.3. The van der Waals surface area contributed by atoms with Crippen LogP contribution in [0.1, 0.15) is 363 Å². The van der Waals surface area contributed by atoms with Gasteiger partial charge in [0.15, 0.2) is 0 Å². The van der Waals surface area contributed by atoms with Gasteiger partial charge in [-0.3, -0.25) is 0 Å². The number of aliphatic carboxylic acids is 2. The van der Waals surface area contributed by atoms with Gasteiger partial charge < -0.3 is 29.6 Å². The number of rotatable bonds is 58. The van der Waals surface area contributed by atoms with Gasteiger partial charge in [-0.25, -0.2) is 0 Å². The second kappa shape index (κ2) is 64.4. The first-order valence-corrected chi connectivity index (χ1v) is 32.2. The van der Waals surface area contributed by atoms with Crippen LogP contribution in [0.4, 0.5) is 0 Å². The van der Waals surface area contributed by atoms with E-state index in [-0.39, 0.29) is 50.6 Å². The van der Waals surface area contributed by atoms with Crippen LogP contribution in [0.3, 0.4) is 0 Å². The number of hydrogen-bond acceptors (Lipinski definition) is 6. The number of carbonyl (C=O) groups excluding carboxylic acids is 2. The predicted octanol–water partition coefficient (Wildman–Crippen LogP) is 18.1. The van der Waals surface area contributed by atoms with E-state index in [9.17, 15) is 19.8 Å². The van der Waals surface area contributed by atoms with Gasteiger partial charge in [0, 0.05) is 24.0 Å². The van der Waals surface area contributed by atoms with E-state index in [0.29, 0.717) is 12.1 Å². The van der Waals surface area contributed by atoms with Crippen molar-refractivity contribution in [3.63, 3.8) is 0 Å². The van der Waals surface area contributed by atoms with Gasteiger partial charge in [0.05, 0.1) is 0 Å². The van der Waals surface area contributed by atoms with Gasteiger partial charge in [-0.05, 0) is 90.4 Å². The Morgan fingerprint density at radius 2 is 0.437 bits per heavy atom. The van der Waals surface area contributed by atoms with Crippen LogP contribution in [0.15, 0.2) is 0 Å². The van der Waals surface area contributed by atoms with Crippen LogP contribution in [0.5, 0.6) is 0 Å². The van der Waals surface area contributed by atoms with Crippen LogP contribution in [0.25, 0.3) is 0 Å². The summed E-state index contributed by atoms with van der Waals surface area (Å²) in [5.74, 6) is -1.79. The number of hydrogen-bond donors (Lipinski definition) is 0. The van der Waals surface area contributed by atoms with E-state index in [4.69, 9.17) is 0 Å². The van der Waals surface area contributed by atoms with E-state index < -0.39 is 11.9 Å². The number of carbonyl (C=O) groups is 2. The first-order valence-electron chi connectivity index (χ1n) is 32.2. The zero-order valence-electron chi connectivity index (χ0n) is 49.6. The van der Waals surface area contributed by atoms with Crippen LogP contribution in [-0.2, 0) is 9.59 Å². The van der Waals surface area contributed by atoms with Crippen molar-refractivity contribution < 1.29 is 19.8 Å². The molecule has 0 N–H and O–H groups in total. The maximum Gasteiger partial charge on any atom is 2.00 e. The predicted molar refractivity (Wildman–Crippen MR) is 311 cm³/mol. The van der Waals surface area contributed by atoms with Crippen molar-refractivity contribution in [2.75, 3.05) is 26.2 Å². The Kier molecular flexibility index (Phi) is 68.4. The summed E-state index contributed by atoms with van der Waals surface area (Å²) in [4.78, 5) is 27.3. The molecule has 0 aromatic carbocycles. The van der Waals surface area contributed by atoms with Crippen molar-refractivity contribution in [2.45, 2.75) is 375 Å². The van der Waals surface area contributed by atoms with E-state index in [1.807, 2.05) is 0 Å². The maximum atomic E-state index is 11.0. The van der Waals surface area contributed by atoms with Crippen LogP contribution in [0.2, 0.25) is 0 Å². The van der Waals surface area contributed by atoms with E-state index in [1.165, 1.54) is 283 Å². The van der Waals surface area contributed by atoms with Crippen LogP contribution in [-0.4, -0.2) is 97.7 Å². The van der Waals surface area contributed by atoms with Gasteiger partial charge in [0.25, 0.3) is 0 Å². The molecule has 0 rings (SSSR count). The van der Waals surface area contributed by atoms with Crippen LogP contribution >= 0.6 is 0 Å². The van der Waals surface area contributed by atoms with Gasteiger partial charge in [-0.15, -0.1) is 0 Å². The molecule has 420 valence electrons. The van der Waals surface area contributed by atoms with Crippen LogP contribution in [0, 0.1) is 0 Å². The second-order valence-electron chi connectivity index (χ2n) is 22.2. The molecule has 6 nitrogen and oxygen atoms in total. The third-order valence-electron chi connectivity index (χ3n) is 15.5. The third-order valence-corrected chi connectivity index (χ3v) is 15.5. The Balaban J connectivity index is -0.00000128. The topological polar surface area (TPSA) is 86.7 Å². The summed E-state index contributed by atoms with van der Waals surface area (Å²) in [7, 11) is 0. The minimum atomic E-state index is -0.896. The quantitative estimate of drug-likeness (QED) is 0.0446. The van der Waals surface area contributed by atoms with E-state index in [0.717, 1.165) is 51.9 Å².